The molecular formula is C24H23F2N3O2. The number of hydrogen-bond acceptors (Lipinski definition) is 3. The second-order valence-electron chi connectivity index (χ2n) is 8.40. The molecule has 0 radical (unpaired) electrons. The predicted molar refractivity (Wildman–Crippen MR) is 116 cm³/mol. The number of carbonyl (C=O) groups excluding carboxylic acids is 2. The Labute approximate surface area is 179 Å². The Bertz CT molecular complexity index is 1170. The summed E-state index contributed by atoms with van der Waals surface area (Å²) in [4.78, 5) is 28.0. The minimum absolute atomic E-state index is 0.0497. The number of imide groups is 1. The van der Waals surface area contributed by atoms with Crippen molar-refractivity contribution in [3.05, 3.63) is 76.5 Å². The summed E-state index contributed by atoms with van der Waals surface area (Å²) in [6, 6.07) is 8.38. The third-order valence-corrected chi connectivity index (χ3v) is 5.88. The van der Waals surface area contributed by atoms with Crippen LogP contribution in [0.3, 0.4) is 0 Å². The number of halogens is 2. The van der Waals surface area contributed by atoms with Gasteiger partial charge in [-0.25, -0.2) is 13.6 Å². The lowest BCUT2D eigenvalue weighted by Crippen LogP contribution is -2.42. The Balaban J connectivity index is 1.67. The fourth-order valence-corrected chi connectivity index (χ4v) is 3.97. The molecule has 5 nitrogen and oxygen atoms in total. The number of allylic oxidation sites excluding steroid dienone is 1. The zero-order chi connectivity index (χ0) is 22.5. The van der Waals surface area contributed by atoms with Gasteiger partial charge in [-0.3, -0.25) is 9.69 Å². The van der Waals surface area contributed by atoms with Gasteiger partial charge in [-0.2, -0.15) is 0 Å². The fraction of sp³-hybridized carbons (Fsp3) is 0.250. The molecule has 0 saturated carbocycles. The van der Waals surface area contributed by atoms with Crippen molar-refractivity contribution in [2.45, 2.75) is 32.9 Å². The van der Waals surface area contributed by atoms with Crippen LogP contribution in [0.4, 0.5) is 19.3 Å². The summed E-state index contributed by atoms with van der Waals surface area (Å²) in [7, 11) is 1.90. The number of carbonyl (C=O) groups is 2. The largest absolute Gasteiger partial charge is 0.365 e. The monoisotopic (exact) mass is 423 g/mol. The van der Waals surface area contributed by atoms with Crippen molar-refractivity contribution in [1.29, 1.82) is 0 Å². The number of urea groups is 1. The first-order chi connectivity index (χ1) is 14.6. The van der Waals surface area contributed by atoms with Gasteiger partial charge in [-0.05, 0) is 50.6 Å². The van der Waals surface area contributed by atoms with E-state index in [4.69, 9.17) is 0 Å². The highest BCUT2D eigenvalue weighted by Gasteiger charge is 2.35. The number of benzene rings is 2. The highest BCUT2D eigenvalue weighted by Crippen LogP contribution is 2.39. The number of amides is 3. The number of likely N-dealkylation sites (N-methyl/N-ethyl adjacent to an activating group) is 1. The topological polar surface area (TPSA) is 52.7 Å². The normalized spacial score (nSPS) is 18.9. The molecule has 0 aromatic heterocycles. The second kappa shape index (κ2) is 7.34. The summed E-state index contributed by atoms with van der Waals surface area (Å²) >= 11 is 0. The van der Waals surface area contributed by atoms with Crippen molar-refractivity contribution in [2.24, 2.45) is 0 Å². The molecule has 3 amide bonds. The Morgan fingerprint density at radius 3 is 2.52 bits per heavy atom. The molecule has 4 rings (SSSR count). The molecule has 2 heterocycles. The smallest absolute Gasteiger partial charge is 0.329 e. The third kappa shape index (κ3) is 3.60. The predicted octanol–water partition coefficient (Wildman–Crippen LogP) is 4.69. The molecule has 0 bridgehead atoms. The minimum Gasteiger partial charge on any atom is -0.365 e. The van der Waals surface area contributed by atoms with Crippen molar-refractivity contribution in [2.75, 3.05) is 11.9 Å². The molecule has 0 unspecified atom stereocenters. The highest BCUT2D eigenvalue weighted by atomic mass is 19.1. The molecule has 7 heteroatoms. The summed E-state index contributed by atoms with van der Waals surface area (Å²) in [6.07, 6.45) is 3.42. The second-order valence-corrected chi connectivity index (χ2v) is 8.40. The van der Waals surface area contributed by atoms with Gasteiger partial charge in [0.15, 0.2) is 0 Å². The maximum absolute atomic E-state index is 14.9. The Hall–Kier alpha value is -3.48. The van der Waals surface area contributed by atoms with Gasteiger partial charge in [-0.15, -0.1) is 0 Å². The summed E-state index contributed by atoms with van der Waals surface area (Å²) in [6.45, 7) is 5.85. The number of rotatable bonds is 3. The number of nitrogens with zero attached hydrogens (tertiary/aromatic N) is 2. The SMILES string of the molecule is CC1=CC(C)(C)N(C)c2cc(F)c(/C=C3/NC(=O)N(Cc4ccccc4F)C3=O)cc21. The van der Waals surface area contributed by atoms with E-state index < -0.39 is 23.6 Å². The van der Waals surface area contributed by atoms with Gasteiger partial charge >= 0.3 is 6.03 Å². The van der Waals surface area contributed by atoms with Crippen LogP contribution in [-0.2, 0) is 11.3 Å². The third-order valence-electron chi connectivity index (χ3n) is 5.88. The van der Waals surface area contributed by atoms with Crippen molar-refractivity contribution in [1.82, 2.24) is 10.2 Å². The molecule has 1 fully saturated rings. The molecular weight excluding hydrogens is 400 g/mol. The number of fused-ring (bicyclic) bond motifs is 1. The van der Waals surface area contributed by atoms with E-state index in [-0.39, 0.29) is 28.9 Å². The highest BCUT2D eigenvalue weighted by molar-refractivity contribution is 6.14. The van der Waals surface area contributed by atoms with Crippen LogP contribution in [0.25, 0.3) is 11.6 Å². The van der Waals surface area contributed by atoms with Gasteiger partial charge in [0.25, 0.3) is 5.91 Å². The molecule has 2 aromatic rings. The van der Waals surface area contributed by atoms with E-state index in [9.17, 15) is 18.4 Å². The zero-order valence-corrected chi connectivity index (χ0v) is 17.8. The van der Waals surface area contributed by atoms with Gasteiger partial charge in [0.1, 0.15) is 17.3 Å². The standard InChI is InChI=1S/C24H23F2N3O2/c1-14-12-24(2,3)28(4)21-11-19(26)16(9-17(14)21)10-20-22(30)29(23(31)27-20)13-15-7-5-6-8-18(15)25/h5-12H,13H2,1-4H3,(H,27,31)/b20-10+. The van der Waals surface area contributed by atoms with E-state index in [2.05, 4.69) is 11.4 Å². The van der Waals surface area contributed by atoms with Crippen LogP contribution >= 0.6 is 0 Å². The molecule has 0 spiro atoms. The molecule has 1 saturated heterocycles. The van der Waals surface area contributed by atoms with Crippen LogP contribution in [0.2, 0.25) is 0 Å². The van der Waals surface area contributed by atoms with Crippen LogP contribution in [0.1, 0.15) is 37.5 Å². The average molecular weight is 423 g/mol. The molecule has 2 aromatic carbocycles. The molecule has 31 heavy (non-hydrogen) atoms. The van der Waals surface area contributed by atoms with Crippen LogP contribution < -0.4 is 10.2 Å². The first kappa shape index (κ1) is 20.8. The summed E-state index contributed by atoms with van der Waals surface area (Å²) in [5.41, 5.74) is 2.72. The van der Waals surface area contributed by atoms with E-state index in [1.165, 1.54) is 30.3 Å². The molecule has 1 N–H and O–H groups in total. The van der Waals surface area contributed by atoms with E-state index >= 15 is 0 Å². The molecule has 0 atom stereocenters. The molecule has 2 aliphatic heterocycles. The van der Waals surface area contributed by atoms with Gasteiger partial charge in [0.05, 0.1) is 12.1 Å². The van der Waals surface area contributed by atoms with Crippen LogP contribution in [0, 0.1) is 11.6 Å². The zero-order valence-electron chi connectivity index (χ0n) is 17.8. The van der Waals surface area contributed by atoms with Crippen molar-refractivity contribution in [3.8, 4) is 0 Å². The van der Waals surface area contributed by atoms with Gasteiger partial charge in [0, 0.05) is 29.4 Å². The number of hydrogen-bond donors (Lipinski definition) is 1. The number of anilines is 1. The lowest BCUT2D eigenvalue weighted by Gasteiger charge is -2.40. The van der Waals surface area contributed by atoms with Crippen LogP contribution in [0.15, 0.2) is 48.2 Å². The van der Waals surface area contributed by atoms with Crippen molar-refractivity contribution < 1.29 is 18.4 Å². The van der Waals surface area contributed by atoms with Crippen molar-refractivity contribution >= 4 is 29.3 Å². The summed E-state index contributed by atoms with van der Waals surface area (Å²) in [5.74, 6) is -1.63. The lowest BCUT2D eigenvalue weighted by atomic mass is 9.88. The maximum atomic E-state index is 14.9. The lowest BCUT2D eigenvalue weighted by molar-refractivity contribution is -0.123. The Kier molecular flexibility index (Phi) is 4.92. The van der Waals surface area contributed by atoms with E-state index in [1.54, 1.807) is 12.1 Å². The van der Waals surface area contributed by atoms with Gasteiger partial charge in [0.2, 0.25) is 0 Å². The molecule has 0 aliphatic carbocycles. The summed E-state index contributed by atoms with van der Waals surface area (Å²) < 4.78 is 28.9. The van der Waals surface area contributed by atoms with Gasteiger partial charge in [-0.1, -0.05) is 24.3 Å². The van der Waals surface area contributed by atoms with E-state index in [0.717, 1.165) is 21.7 Å². The Morgan fingerprint density at radius 2 is 1.81 bits per heavy atom. The summed E-state index contributed by atoms with van der Waals surface area (Å²) in [5, 5.41) is 2.47. The first-order valence-electron chi connectivity index (χ1n) is 9.93. The van der Waals surface area contributed by atoms with E-state index in [1.807, 2.05) is 32.7 Å². The van der Waals surface area contributed by atoms with Crippen molar-refractivity contribution in [3.63, 3.8) is 0 Å². The maximum Gasteiger partial charge on any atom is 0.329 e. The van der Waals surface area contributed by atoms with E-state index in [0.29, 0.717) is 0 Å². The van der Waals surface area contributed by atoms with Crippen LogP contribution in [0.5, 0.6) is 0 Å². The minimum atomic E-state index is -0.671. The average Bonchev–Trinajstić information content (AvgIpc) is 2.96. The fourth-order valence-electron chi connectivity index (χ4n) is 3.97. The molecule has 2 aliphatic rings. The molecule has 160 valence electrons. The first-order valence-corrected chi connectivity index (χ1v) is 9.93. The number of nitrogens with one attached hydrogen (secondary N) is 1. The quantitative estimate of drug-likeness (QED) is 0.576. The van der Waals surface area contributed by atoms with Crippen LogP contribution in [-0.4, -0.2) is 29.4 Å². The Morgan fingerprint density at radius 1 is 1.10 bits per heavy atom. The van der Waals surface area contributed by atoms with Gasteiger partial charge < -0.3 is 10.2 Å².